The van der Waals surface area contributed by atoms with Gasteiger partial charge in [0.25, 0.3) is 5.56 Å². The van der Waals surface area contributed by atoms with Crippen LogP contribution in [0, 0.1) is 5.82 Å². The maximum atomic E-state index is 14.4. The van der Waals surface area contributed by atoms with Gasteiger partial charge in [-0.15, -0.1) is 0 Å². The number of fused-ring (bicyclic) bond motifs is 2. The highest BCUT2D eigenvalue weighted by molar-refractivity contribution is 5.77. The van der Waals surface area contributed by atoms with Gasteiger partial charge in [-0.1, -0.05) is 48.5 Å². The molecule has 8 heteroatoms. The summed E-state index contributed by atoms with van der Waals surface area (Å²) in [6.07, 6.45) is 3.81. The fourth-order valence-electron chi connectivity index (χ4n) is 5.85. The van der Waals surface area contributed by atoms with Gasteiger partial charge in [-0.3, -0.25) is 9.36 Å². The summed E-state index contributed by atoms with van der Waals surface area (Å²) in [5.74, 6) is 0.689. The van der Waals surface area contributed by atoms with Gasteiger partial charge in [0.2, 0.25) is 0 Å². The Labute approximate surface area is 236 Å². The Morgan fingerprint density at radius 3 is 2.49 bits per heavy atom. The molecule has 41 heavy (non-hydrogen) atoms. The summed E-state index contributed by atoms with van der Waals surface area (Å²) in [5.41, 5.74) is 5.58. The molecule has 1 saturated heterocycles. The lowest BCUT2D eigenvalue weighted by atomic mass is 9.89. The van der Waals surface area contributed by atoms with Crippen molar-refractivity contribution in [1.82, 2.24) is 29.4 Å². The first-order chi connectivity index (χ1) is 20.0. The number of rotatable bonds is 5. The fraction of sp³-hybridized carbons (Fsp3) is 0.212. The number of aromatic nitrogens is 5. The van der Waals surface area contributed by atoms with Crippen molar-refractivity contribution in [3.8, 4) is 11.3 Å². The van der Waals surface area contributed by atoms with Crippen molar-refractivity contribution in [2.45, 2.75) is 24.8 Å². The molecule has 204 valence electrons. The molecule has 1 fully saturated rings. The molecule has 0 aliphatic carbocycles. The van der Waals surface area contributed by atoms with Crippen molar-refractivity contribution >= 4 is 22.1 Å². The zero-order valence-corrected chi connectivity index (χ0v) is 22.7. The lowest BCUT2D eigenvalue weighted by molar-refractivity contribution is 0.255. The molecule has 1 N–H and O–H groups in total. The second-order valence-corrected chi connectivity index (χ2v) is 10.8. The monoisotopic (exact) mass is 544 g/mol. The molecule has 4 heterocycles. The van der Waals surface area contributed by atoms with E-state index < -0.39 is 11.9 Å². The highest BCUT2D eigenvalue weighted by Gasteiger charge is 2.24. The van der Waals surface area contributed by atoms with Gasteiger partial charge >= 0.3 is 0 Å². The van der Waals surface area contributed by atoms with Crippen LogP contribution in [0.3, 0.4) is 0 Å². The molecule has 3 aromatic carbocycles. The Balaban J connectivity index is 1.30. The van der Waals surface area contributed by atoms with Crippen LogP contribution in [0.1, 0.15) is 41.8 Å². The predicted octanol–water partition coefficient (Wildman–Crippen LogP) is 5.92. The van der Waals surface area contributed by atoms with Crippen LogP contribution in [0.15, 0.2) is 96.1 Å². The van der Waals surface area contributed by atoms with Crippen LogP contribution in [-0.4, -0.2) is 49.5 Å². The van der Waals surface area contributed by atoms with E-state index in [9.17, 15) is 9.18 Å². The molecule has 1 atom stereocenters. The third-order valence-corrected chi connectivity index (χ3v) is 8.14. The Morgan fingerprint density at radius 2 is 1.71 bits per heavy atom. The maximum absolute atomic E-state index is 14.4. The molecular formula is C33H29FN6O. The Morgan fingerprint density at radius 1 is 0.902 bits per heavy atom. The molecule has 3 aromatic heterocycles. The summed E-state index contributed by atoms with van der Waals surface area (Å²) in [7, 11) is 2.17. The molecule has 0 amide bonds. The van der Waals surface area contributed by atoms with Crippen molar-refractivity contribution in [2.75, 3.05) is 20.1 Å². The SMILES string of the molecule is CN1CCC(c2ccc(-c3ccc4ncn(C(c5cccc(F)c5)c5nc6ccccc6[nH]5)c(=O)c4n3)cc2)CC1. The van der Waals surface area contributed by atoms with E-state index in [1.807, 2.05) is 36.4 Å². The van der Waals surface area contributed by atoms with Crippen LogP contribution in [-0.2, 0) is 0 Å². The van der Waals surface area contributed by atoms with Crippen molar-refractivity contribution in [3.63, 3.8) is 0 Å². The molecule has 1 unspecified atom stereocenters. The number of halogens is 1. The van der Waals surface area contributed by atoms with Gasteiger partial charge in [-0.05, 0) is 86.4 Å². The largest absolute Gasteiger partial charge is 0.340 e. The topological polar surface area (TPSA) is 79.7 Å². The zero-order valence-electron chi connectivity index (χ0n) is 22.7. The van der Waals surface area contributed by atoms with Crippen molar-refractivity contribution < 1.29 is 4.39 Å². The molecule has 0 saturated carbocycles. The molecule has 7 nitrogen and oxygen atoms in total. The number of hydrogen-bond donors (Lipinski definition) is 1. The lowest BCUT2D eigenvalue weighted by Crippen LogP contribution is -2.29. The molecule has 6 aromatic rings. The third-order valence-electron chi connectivity index (χ3n) is 8.14. The minimum atomic E-state index is -0.721. The predicted molar refractivity (Wildman–Crippen MR) is 158 cm³/mol. The van der Waals surface area contributed by atoms with Gasteiger partial charge in [-0.25, -0.2) is 19.3 Å². The van der Waals surface area contributed by atoms with Crippen LogP contribution < -0.4 is 5.56 Å². The van der Waals surface area contributed by atoms with E-state index in [0.29, 0.717) is 28.5 Å². The lowest BCUT2D eigenvalue weighted by Gasteiger charge is -2.29. The first-order valence-electron chi connectivity index (χ1n) is 13.9. The van der Waals surface area contributed by atoms with Gasteiger partial charge in [0.05, 0.1) is 28.6 Å². The number of para-hydroxylation sites is 2. The molecule has 0 spiro atoms. The molecule has 7 rings (SSSR count). The summed E-state index contributed by atoms with van der Waals surface area (Å²) in [5, 5.41) is 0. The number of H-pyrrole nitrogens is 1. The van der Waals surface area contributed by atoms with Gasteiger partial charge in [-0.2, -0.15) is 0 Å². The van der Waals surface area contributed by atoms with Crippen LogP contribution in [0.2, 0.25) is 0 Å². The number of hydrogen-bond acceptors (Lipinski definition) is 5. The second kappa shape index (κ2) is 10.4. The van der Waals surface area contributed by atoms with Crippen molar-refractivity contribution in [3.05, 3.63) is 124 Å². The molecule has 1 aliphatic heterocycles. The van der Waals surface area contributed by atoms with Crippen LogP contribution in [0.5, 0.6) is 0 Å². The quantitative estimate of drug-likeness (QED) is 0.291. The molecule has 1 aliphatic rings. The van der Waals surface area contributed by atoms with Crippen molar-refractivity contribution in [2.24, 2.45) is 0 Å². The number of imidazole rings is 1. The van der Waals surface area contributed by atoms with E-state index >= 15 is 0 Å². The van der Waals surface area contributed by atoms with Crippen LogP contribution in [0.25, 0.3) is 33.3 Å². The first kappa shape index (κ1) is 25.3. The zero-order chi connectivity index (χ0) is 27.9. The van der Waals surface area contributed by atoms with Gasteiger partial charge in [0.1, 0.15) is 17.7 Å². The van der Waals surface area contributed by atoms with Crippen LogP contribution >= 0.6 is 0 Å². The average molecular weight is 545 g/mol. The van der Waals surface area contributed by atoms with Crippen molar-refractivity contribution in [1.29, 1.82) is 0 Å². The Kier molecular flexibility index (Phi) is 6.40. The minimum absolute atomic E-state index is 0.252. The van der Waals surface area contributed by atoms with Gasteiger partial charge < -0.3 is 9.88 Å². The Bertz CT molecular complexity index is 1890. The second-order valence-electron chi connectivity index (χ2n) is 10.8. The summed E-state index contributed by atoms with van der Waals surface area (Å²) < 4.78 is 15.9. The number of benzene rings is 3. The smallest absolute Gasteiger partial charge is 0.280 e. The number of aromatic amines is 1. The Hall–Kier alpha value is -4.69. The van der Waals surface area contributed by atoms with E-state index in [1.165, 1.54) is 28.6 Å². The fourth-order valence-corrected chi connectivity index (χ4v) is 5.85. The van der Waals surface area contributed by atoms with E-state index in [-0.39, 0.29) is 11.1 Å². The molecule has 0 radical (unpaired) electrons. The number of likely N-dealkylation sites (tertiary alicyclic amines) is 1. The van der Waals surface area contributed by atoms with E-state index in [0.717, 1.165) is 42.5 Å². The number of piperidine rings is 1. The summed E-state index contributed by atoms with van der Waals surface area (Å²) in [6, 6.07) is 25.4. The highest BCUT2D eigenvalue weighted by Crippen LogP contribution is 2.30. The summed E-state index contributed by atoms with van der Waals surface area (Å²) in [6.45, 7) is 2.23. The summed E-state index contributed by atoms with van der Waals surface area (Å²) in [4.78, 5) is 33.8. The average Bonchev–Trinajstić information content (AvgIpc) is 3.43. The molecule has 0 bridgehead atoms. The van der Waals surface area contributed by atoms with Gasteiger partial charge in [0, 0.05) is 5.56 Å². The minimum Gasteiger partial charge on any atom is -0.340 e. The first-order valence-corrected chi connectivity index (χ1v) is 13.9. The maximum Gasteiger partial charge on any atom is 0.280 e. The highest BCUT2D eigenvalue weighted by atomic mass is 19.1. The van der Waals surface area contributed by atoms with E-state index in [1.54, 1.807) is 12.1 Å². The third kappa shape index (κ3) is 4.80. The van der Waals surface area contributed by atoms with E-state index in [2.05, 4.69) is 46.2 Å². The number of pyridine rings is 1. The molecular weight excluding hydrogens is 515 g/mol. The number of nitrogens with zero attached hydrogens (tertiary/aromatic N) is 5. The standard InChI is InChI=1S/C33H29FN6O/c1-39-17-15-22(16-18-39)21-9-11-23(12-10-21)26-13-14-29-30(36-26)33(41)40(20-35-29)31(24-5-4-6-25(34)19-24)32-37-27-7-2-3-8-28(27)38-32/h2-14,19-20,22,31H,15-18H2,1H3,(H,37,38). The van der Waals surface area contributed by atoms with Crippen LogP contribution in [0.4, 0.5) is 4.39 Å². The summed E-state index contributed by atoms with van der Waals surface area (Å²) >= 11 is 0. The van der Waals surface area contributed by atoms with E-state index in [4.69, 9.17) is 9.97 Å². The number of nitrogens with one attached hydrogen (secondary N) is 1. The normalized spacial score (nSPS) is 15.5. The van der Waals surface area contributed by atoms with Gasteiger partial charge in [0.15, 0.2) is 5.52 Å².